The van der Waals surface area contributed by atoms with Crippen molar-refractivity contribution in [2.45, 2.75) is 45.6 Å². The maximum Gasteiger partial charge on any atom is 0.251 e. The van der Waals surface area contributed by atoms with Gasteiger partial charge in [0.1, 0.15) is 5.75 Å². The predicted molar refractivity (Wildman–Crippen MR) is 142 cm³/mol. The van der Waals surface area contributed by atoms with Crippen LogP contribution >= 0.6 is 0 Å². The number of hydrogen-bond acceptors (Lipinski definition) is 4. The minimum Gasteiger partial charge on any atom is -0.494 e. The van der Waals surface area contributed by atoms with E-state index in [1.165, 1.54) is 19.3 Å². The van der Waals surface area contributed by atoms with Crippen molar-refractivity contribution in [2.24, 2.45) is 0 Å². The van der Waals surface area contributed by atoms with Crippen molar-refractivity contribution in [1.29, 1.82) is 0 Å². The summed E-state index contributed by atoms with van der Waals surface area (Å²) in [5.41, 5.74) is 3.04. The molecule has 0 bridgehead atoms. The second-order valence-corrected chi connectivity index (χ2v) is 8.52. The maximum absolute atomic E-state index is 12.5. The third-order valence-corrected chi connectivity index (χ3v) is 5.63. The van der Waals surface area contributed by atoms with Crippen molar-refractivity contribution in [3.63, 3.8) is 0 Å². The van der Waals surface area contributed by atoms with Crippen LogP contribution in [0, 0.1) is 0 Å². The number of hydrogen-bond donors (Lipinski definition) is 3. The monoisotopic (exact) mass is 473 g/mol. The van der Waals surface area contributed by atoms with Gasteiger partial charge >= 0.3 is 0 Å². The largest absolute Gasteiger partial charge is 0.494 e. The highest BCUT2D eigenvalue weighted by molar-refractivity contribution is 5.96. The molecule has 2 amide bonds. The van der Waals surface area contributed by atoms with Crippen LogP contribution < -0.4 is 20.7 Å². The first kappa shape index (κ1) is 25.8. The Morgan fingerprint density at radius 3 is 2.37 bits per heavy atom. The Morgan fingerprint density at radius 2 is 1.63 bits per heavy atom. The van der Waals surface area contributed by atoms with E-state index in [1.54, 1.807) is 24.3 Å². The molecular weight excluding hydrogens is 438 g/mol. The van der Waals surface area contributed by atoms with Gasteiger partial charge < -0.3 is 20.7 Å². The summed E-state index contributed by atoms with van der Waals surface area (Å²) in [7, 11) is 0. The molecule has 3 aromatic carbocycles. The summed E-state index contributed by atoms with van der Waals surface area (Å²) in [5.74, 6) is 0.460. The summed E-state index contributed by atoms with van der Waals surface area (Å²) in [6.45, 7) is 4.96. The number of nitrogens with one attached hydrogen (secondary N) is 3. The number of benzene rings is 3. The highest BCUT2D eigenvalue weighted by atomic mass is 16.5. The Balaban J connectivity index is 1.43. The topological polar surface area (TPSA) is 79.5 Å². The molecule has 0 saturated carbocycles. The van der Waals surface area contributed by atoms with Gasteiger partial charge in [-0.1, -0.05) is 62.6 Å². The van der Waals surface area contributed by atoms with Gasteiger partial charge in [0.25, 0.3) is 5.91 Å². The Labute approximate surface area is 208 Å². The third kappa shape index (κ3) is 8.81. The maximum atomic E-state index is 12.5. The zero-order chi connectivity index (χ0) is 24.9. The number of carbonyl (C=O) groups is 2. The van der Waals surface area contributed by atoms with Crippen LogP contribution in [-0.2, 0) is 4.79 Å². The molecule has 0 saturated heterocycles. The lowest BCUT2D eigenvalue weighted by Gasteiger charge is -2.14. The summed E-state index contributed by atoms with van der Waals surface area (Å²) >= 11 is 0. The van der Waals surface area contributed by atoms with E-state index >= 15 is 0 Å². The van der Waals surface area contributed by atoms with E-state index in [-0.39, 0.29) is 24.4 Å². The van der Waals surface area contributed by atoms with E-state index in [1.807, 2.05) is 61.5 Å². The van der Waals surface area contributed by atoms with Crippen LogP contribution in [0.4, 0.5) is 11.4 Å². The molecule has 1 unspecified atom stereocenters. The first-order chi connectivity index (χ1) is 17.0. The van der Waals surface area contributed by atoms with E-state index in [0.717, 1.165) is 23.4 Å². The molecule has 0 radical (unpaired) electrons. The smallest absolute Gasteiger partial charge is 0.251 e. The van der Waals surface area contributed by atoms with Crippen LogP contribution in [0.5, 0.6) is 5.75 Å². The molecule has 3 aromatic rings. The first-order valence-electron chi connectivity index (χ1n) is 12.3. The van der Waals surface area contributed by atoms with Gasteiger partial charge in [0.2, 0.25) is 5.91 Å². The Kier molecular flexibility index (Phi) is 10.2. The van der Waals surface area contributed by atoms with Gasteiger partial charge in [-0.3, -0.25) is 9.59 Å². The number of anilines is 2. The molecule has 3 N–H and O–H groups in total. The molecule has 1 atom stereocenters. The molecule has 0 fully saturated rings. The van der Waals surface area contributed by atoms with E-state index in [4.69, 9.17) is 4.74 Å². The lowest BCUT2D eigenvalue weighted by atomic mass is 10.1. The van der Waals surface area contributed by atoms with Gasteiger partial charge in [-0.2, -0.15) is 0 Å². The zero-order valence-corrected chi connectivity index (χ0v) is 20.6. The molecule has 184 valence electrons. The molecular formula is C29H35N3O3. The van der Waals surface area contributed by atoms with Crippen molar-refractivity contribution in [3.8, 4) is 5.75 Å². The Morgan fingerprint density at radius 1 is 0.857 bits per heavy atom. The van der Waals surface area contributed by atoms with E-state index in [0.29, 0.717) is 17.9 Å². The number of ether oxygens (including phenoxy) is 1. The summed E-state index contributed by atoms with van der Waals surface area (Å²) < 4.78 is 5.80. The molecule has 3 rings (SSSR count). The minimum atomic E-state index is -0.175. The SMILES string of the molecule is CCCCCCOc1cccc(NCC(=O)Nc2ccc(C(=O)NC(C)c3ccccc3)cc2)c1. The lowest BCUT2D eigenvalue weighted by Crippen LogP contribution is -2.26. The van der Waals surface area contributed by atoms with E-state index in [9.17, 15) is 9.59 Å². The number of amides is 2. The molecule has 0 aromatic heterocycles. The van der Waals surface area contributed by atoms with Crippen LogP contribution in [0.3, 0.4) is 0 Å². The van der Waals surface area contributed by atoms with Crippen LogP contribution in [0.25, 0.3) is 0 Å². The zero-order valence-electron chi connectivity index (χ0n) is 20.6. The number of unbranched alkanes of at least 4 members (excludes halogenated alkanes) is 3. The van der Waals surface area contributed by atoms with Gasteiger partial charge in [0.15, 0.2) is 0 Å². The second kappa shape index (κ2) is 13.8. The van der Waals surface area contributed by atoms with Gasteiger partial charge in [-0.25, -0.2) is 0 Å². The summed E-state index contributed by atoms with van der Waals surface area (Å²) in [5, 5.41) is 8.97. The third-order valence-electron chi connectivity index (χ3n) is 5.63. The predicted octanol–water partition coefficient (Wildman–Crippen LogP) is 6.19. The van der Waals surface area contributed by atoms with Crippen LogP contribution in [0.1, 0.15) is 61.5 Å². The van der Waals surface area contributed by atoms with Crippen molar-refractivity contribution in [2.75, 3.05) is 23.8 Å². The quantitative estimate of drug-likeness (QED) is 0.259. The number of carbonyl (C=O) groups excluding carboxylic acids is 2. The minimum absolute atomic E-state index is 0.0980. The van der Waals surface area contributed by atoms with Crippen molar-refractivity contribution in [3.05, 3.63) is 90.0 Å². The van der Waals surface area contributed by atoms with Gasteiger partial charge in [-0.15, -0.1) is 0 Å². The highest BCUT2D eigenvalue weighted by Crippen LogP contribution is 2.18. The van der Waals surface area contributed by atoms with Crippen molar-refractivity contribution >= 4 is 23.2 Å². The van der Waals surface area contributed by atoms with Crippen molar-refractivity contribution < 1.29 is 14.3 Å². The average molecular weight is 474 g/mol. The molecule has 6 nitrogen and oxygen atoms in total. The normalized spacial score (nSPS) is 11.4. The summed E-state index contributed by atoms with van der Waals surface area (Å²) in [4.78, 5) is 24.9. The van der Waals surface area contributed by atoms with Gasteiger partial charge in [0.05, 0.1) is 19.2 Å². The highest BCUT2D eigenvalue weighted by Gasteiger charge is 2.11. The van der Waals surface area contributed by atoms with Crippen LogP contribution in [0.15, 0.2) is 78.9 Å². The molecule has 0 aliphatic rings. The Bertz CT molecular complexity index is 1070. The van der Waals surface area contributed by atoms with Crippen LogP contribution in [0.2, 0.25) is 0 Å². The van der Waals surface area contributed by atoms with Gasteiger partial charge in [0, 0.05) is 23.0 Å². The Hall–Kier alpha value is -3.80. The number of rotatable bonds is 13. The van der Waals surface area contributed by atoms with Crippen molar-refractivity contribution in [1.82, 2.24) is 5.32 Å². The first-order valence-corrected chi connectivity index (χ1v) is 12.3. The standard InChI is InChI=1S/C29H35N3O3/c1-3-4-5-9-19-35-27-14-10-13-26(20-27)30-21-28(33)32-25-17-15-24(16-18-25)29(34)31-22(2)23-11-7-6-8-12-23/h6-8,10-18,20,22,30H,3-5,9,19,21H2,1-2H3,(H,31,34)(H,32,33). The average Bonchev–Trinajstić information content (AvgIpc) is 2.88. The van der Waals surface area contributed by atoms with E-state index in [2.05, 4.69) is 22.9 Å². The second-order valence-electron chi connectivity index (χ2n) is 8.52. The molecule has 0 aliphatic heterocycles. The molecule has 0 aliphatic carbocycles. The molecule has 0 spiro atoms. The fourth-order valence-corrected chi connectivity index (χ4v) is 3.61. The lowest BCUT2D eigenvalue weighted by molar-refractivity contribution is -0.114. The summed E-state index contributed by atoms with van der Waals surface area (Å²) in [6.07, 6.45) is 4.64. The van der Waals surface area contributed by atoms with E-state index < -0.39 is 0 Å². The molecule has 0 heterocycles. The molecule has 6 heteroatoms. The van der Waals surface area contributed by atoms with Crippen LogP contribution in [-0.4, -0.2) is 25.0 Å². The van der Waals surface area contributed by atoms with Gasteiger partial charge in [-0.05, 0) is 55.3 Å². The summed E-state index contributed by atoms with van der Waals surface area (Å²) in [6, 6.07) is 24.2. The fourth-order valence-electron chi connectivity index (χ4n) is 3.61. The molecule has 35 heavy (non-hydrogen) atoms. The fraction of sp³-hybridized carbons (Fsp3) is 0.310.